The number of amides is 4. The lowest BCUT2D eigenvalue weighted by molar-refractivity contribution is -0.117. The molecule has 1 aliphatic rings. The van der Waals surface area contributed by atoms with Gasteiger partial charge in [-0.3, -0.25) is 9.59 Å². The van der Waals surface area contributed by atoms with Gasteiger partial charge in [0.1, 0.15) is 11.7 Å². The largest absolute Gasteiger partial charge is 0.351 e. The summed E-state index contributed by atoms with van der Waals surface area (Å²) in [6.07, 6.45) is 0. The number of aromatic nitrogens is 1. The molecule has 10 heteroatoms. The van der Waals surface area contributed by atoms with E-state index in [9.17, 15) is 23.2 Å². The van der Waals surface area contributed by atoms with Crippen LogP contribution in [0.25, 0.3) is 10.9 Å². The maximum absolute atomic E-state index is 13.3. The molecule has 33 heavy (non-hydrogen) atoms. The molecule has 172 valence electrons. The fourth-order valence-corrected chi connectivity index (χ4v) is 3.64. The fourth-order valence-electron chi connectivity index (χ4n) is 3.64. The summed E-state index contributed by atoms with van der Waals surface area (Å²) >= 11 is 0. The monoisotopic (exact) mass is 455 g/mol. The maximum Gasteiger partial charge on any atom is 0.318 e. The van der Waals surface area contributed by atoms with Crippen LogP contribution in [0.4, 0.5) is 19.3 Å². The topological polar surface area (TPSA) is 97.5 Å². The summed E-state index contributed by atoms with van der Waals surface area (Å²) in [5.41, 5.74) is 1.47. The highest BCUT2D eigenvalue weighted by Gasteiger charge is 2.27. The highest BCUT2D eigenvalue weighted by atomic mass is 19.2. The molecule has 0 bridgehead atoms. The quantitative estimate of drug-likeness (QED) is 0.564. The number of H-pyrrole nitrogens is 1. The Hall–Kier alpha value is -3.95. The molecule has 4 amide bonds. The number of aromatic amines is 1. The first-order valence-electron chi connectivity index (χ1n) is 10.5. The molecular weight excluding hydrogens is 432 g/mol. The molecule has 0 saturated carbocycles. The Balaban J connectivity index is 1.28. The van der Waals surface area contributed by atoms with E-state index in [1.807, 2.05) is 30.3 Å². The van der Waals surface area contributed by atoms with E-state index in [1.54, 1.807) is 4.90 Å². The van der Waals surface area contributed by atoms with Gasteiger partial charge in [-0.1, -0.05) is 18.2 Å². The van der Waals surface area contributed by atoms with Gasteiger partial charge < -0.3 is 25.4 Å². The van der Waals surface area contributed by atoms with Gasteiger partial charge in [-0.05, 0) is 31.2 Å². The molecular formula is C23H23F2N5O3. The van der Waals surface area contributed by atoms with Crippen LogP contribution in [-0.2, 0) is 4.79 Å². The van der Waals surface area contributed by atoms with E-state index in [2.05, 4.69) is 15.6 Å². The predicted molar refractivity (Wildman–Crippen MR) is 119 cm³/mol. The number of piperazine rings is 1. The van der Waals surface area contributed by atoms with Crippen LogP contribution in [0.15, 0.2) is 48.5 Å². The molecule has 2 heterocycles. The number of hydrogen-bond donors (Lipinski definition) is 3. The van der Waals surface area contributed by atoms with E-state index < -0.39 is 29.6 Å². The average Bonchev–Trinajstić information content (AvgIpc) is 3.25. The first-order valence-corrected chi connectivity index (χ1v) is 10.5. The van der Waals surface area contributed by atoms with Crippen LogP contribution in [0.2, 0.25) is 0 Å². The van der Waals surface area contributed by atoms with Crippen molar-refractivity contribution in [2.75, 3.05) is 31.5 Å². The SMILES string of the molecule is C[C@@H](NC(=O)N1CCN(C(=O)c2cc3ccccc3[nH]2)CC1)C(=O)Nc1ccc(F)c(F)c1. The smallest absolute Gasteiger partial charge is 0.318 e. The standard InChI is InChI=1S/C23H23F2N5O3/c1-14(21(31)27-16-6-7-17(24)18(25)13-16)26-23(33)30-10-8-29(9-11-30)22(32)20-12-15-4-2-3-5-19(15)28-20/h2-7,12-14,28H,8-11H2,1H3,(H,26,33)(H,27,31)/t14-/m1/s1. The summed E-state index contributed by atoms with van der Waals surface area (Å²) in [5, 5.41) is 5.97. The van der Waals surface area contributed by atoms with Crippen LogP contribution in [-0.4, -0.2) is 64.9 Å². The third kappa shape index (κ3) is 4.94. The first kappa shape index (κ1) is 22.3. The third-order valence-electron chi connectivity index (χ3n) is 5.53. The van der Waals surface area contributed by atoms with Gasteiger partial charge in [-0.15, -0.1) is 0 Å². The van der Waals surface area contributed by atoms with E-state index in [-0.39, 0.29) is 11.6 Å². The van der Waals surface area contributed by atoms with Crippen molar-refractivity contribution in [3.63, 3.8) is 0 Å². The molecule has 1 aromatic heterocycles. The molecule has 2 aromatic carbocycles. The molecule has 0 unspecified atom stereocenters. The normalized spacial score (nSPS) is 14.8. The summed E-state index contributed by atoms with van der Waals surface area (Å²) in [4.78, 5) is 43.9. The van der Waals surface area contributed by atoms with E-state index in [4.69, 9.17) is 0 Å². The van der Waals surface area contributed by atoms with Crippen LogP contribution in [0, 0.1) is 11.6 Å². The number of urea groups is 1. The van der Waals surface area contributed by atoms with Gasteiger partial charge in [0.25, 0.3) is 5.91 Å². The number of nitrogens with one attached hydrogen (secondary N) is 3. The van der Waals surface area contributed by atoms with Gasteiger partial charge in [0.15, 0.2) is 11.6 Å². The highest BCUT2D eigenvalue weighted by molar-refractivity contribution is 5.98. The van der Waals surface area contributed by atoms with Crippen LogP contribution >= 0.6 is 0 Å². The molecule has 8 nitrogen and oxygen atoms in total. The zero-order chi connectivity index (χ0) is 23.5. The van der Waals surface area contributed by atoms with Crippen molar-refractivity contribution >= 4 is 34.4 Å². The minimum atomic E-state index is -1.08. The number of rotatable bonds is 4. The Labute approximate surface area is 188 Å². The maximum atomic E-state index is 13.3. The predicted octanol–water partition coefficient (Wildman–Crippen LogP) is 2.94. The van der Waals surface area contributed by atoms with E-state index in [0.717, 1.165) is 23.0 Å². The van der Waals surface area contributed by atoms with Crippen molar-refractivity contribution in [3.8, 4) is 0 Å². The highest BCUT2D eigenvalue weighted by Crippen LogP contribution is 2.17. The number of anilines is 1. The Bertz CT molecular complexity index is 1170. The fraction of sp³-hybridized carbons (Fsp3) is 0.261. The molecule has 1 fully saturated rings. The number of fused-ring (bicyclic) bond motifs is 1. The Morgan fingerprint density at radius 3 is 2.33 bits per heavy atom. The molecule has 0 aliphatic carbocycles. The van der Waals surface area contributed by atoms with Gasteiger partial charge in [-0.2, -0.15) is 0 Å². The summed E-state index contributed by atoms with van der Waals surface area (Å²) < 4.78 is 26.3. The Kier molecular flexibility index (Phi) is 6.25. The van der Waals surface area contributed by atoms with Crippen molar-refractivity contribution in [1.82, 2.24) is 20.1 Å². The number of hydrogen-bond acceptors (Lipinski definition) is 3. The number of benzene rings is 2. The van der Waals surface area contributed by atoms with Crippen LogP contribution in [0.3, 0.4) is 0 Å². The molecule has 1 aliphatic heterocycles. The second kappa shape index (κ2) is 9.27. The summed E-state index contributed by atoms with van der Waals surface area (Å²) in [6.45, 7) is 2.83. The van der Waals surface area contributed by atoms with Crippen LogP contribution < -0.4 is 10.6 Å². The summed E-state index contributed by atoms with van der Waals surface area (Å²) in [5.74, 6) is -2.80. The summed E-state index contributed by atoms with van der Waals surface area (Å²) in [7, 11) is 0. The zero-order valence-corrected chi connectivity index (χ0v) is 17.9. The van der Waals surface area contributed by atoms with E-state index in [1.165, 1.54) is 17.9 Å². The van der Waals surface area contributed by atoms with Gasteiger partial charge in [0.2, 0.25) is 5.91 Å². The molecule has 4 rings (SSSR count). The third-order valence-corrected chi connectivity index (χ3v) is 5.53. The van der Waals surface area contributed by atoms with Crippen molar-refractivity contribution in [3.05, 3.63) is 65.9 Å². The molecule has 1 atom stereocenters. The van der Waals surface area contributed by atoms with Crippen molar-refractivity contribution in [1.29, 1.82) is 0 Å². The number of halogens is 2. The van der Waals surface area contributed by atoms with Gasteiger partial charge in [-0.25, -0.2) is 13.6 Å². The zero-order valence-electron chi connectivity index (χ0n) is 17.9. The average molecular weight is 455 g/mol. The number of nitrogens with zero attached hydrogens (tertiary/aromatic N) is 2. The van der Waals surface area contributed by atoms with Crippen molar-refractivity contribution in [2.45, 2.75) is 13.0 Å². The molecule has 0 radical (unpaired) electrons. The van der Waals surface area contributed by atoms with Crippen LogP contribution in [0.5, 0.6) is 0 Å². The van der Waals surface area contributed by atoms with Gasteiger partial charge in [0.05, 0.1) is 0 Å². The van der Waals surface area contributed by atoms with Crippen LogP contribution in [0.1, 0.15) is 17.4 Å². The lowest BCUT2D eigenvalue weighted by Gasteiger charge is -2.35. The molecule has 3 aromatic rings. The summed E-state index contributed by atoms with van der Waals surface area (Å²) in [6, 6.07) is 11.1. The number of para-hydroxylation sites is 1. The van der Waals surface area contributed by atoms with E-state index >= 15 is 0 Å². The second-order valence-electron chi connectivity index (χ2n) is 7.84. The lowest BCUT2D eigenvalue weighted by Crippen LogP contribution is -2.55. The molecule has 0 spiro atoms. The molecule has 3 N–H and O–H groups in total. The minimum absolute atomic E-state index is 0.0871. The first-order chi connectivity index (χ1) is 15.8. The van der Waals surface area contributed by atoms with Crippen molar-refractivity contribution in [2.24, 2.45) is 0 Å². The number of carbonyl (C=O) groups is 3. The Morgan fingerprint density at radius 2 is 1.64 bits per heavy atom. The second-order valence-corrected chi connectivity index (χ2v) is 7.84. The number of carbonyl (C=O) groups excluding carboxylic acids is 3. The Morgan fingerprint density at radius 1 is 0.939 bits per heavy atom. The van der Waals surface area contributed by atoms with Gasteiger partial charge >= 0.3 is 6.03 Å². The van der Waals surface area contributed by atoms with Crippen molar-refractivity contribution < 1.29 is 23.2 Å². The minimum Gasteiger partial charge on any atom is -0.351 e. The molecule has 1 saturated heterocycles. The van der Waals surface area contributed by atoms with E-state index in [0.29, 0.717) is 31.9 Å². The van der Waals surface area contributed by atoms with Gasteiger partial charge in [0, 0.05) is 48.8 Å². The lowest BCUT2D eigenvalue weighted by atomic mass is 10.2.